The van der Waals surface area contributed by atoms with Gasteiger partial charge in [0.25, 0.3) is 0 Å². The number of rotatable bonds is 5. The van der Waals surface area contributed by atoms with Gasteiger partial charge in [-0.3, -0.25) is 4.90 Å². The minimum atomic E-state index is -3.10. The Morgan fingerprint density at radius 1 is 1.17 bits per heavy atom. The van der Waals surface area contributed by atoms with Gasteiger partial charge >= 0.3 is 0 Å². The molecule has 1 N–H and O–H groups in total. The van der Waals surface area contributed by atoms with Crippen LogP contribution in [-0.2, 0) is 16.6 Å². The van der Waals surface area contributed by atoms with Crippen LogP contribution in [0.15, 0.2) is 18.3 Å². The van der Waals surface area contributed by atoms with Crippen molar-refractivity contribution in [3.05, 3.63) is 23.9 Å². The van der Waals surface area contributed by atoms with Crippen LogP contribution in [0.2, 0.25) is 0 Å². The summed E-state index contributed by atoms with van der Waals surface area (Å²) in [6.45, 7) is 4.96. The molecule has 0 spiro atoms. The molecule has 0 aromatic carbocycles. The van der Waals surface area contributed by atoms with Crippen molar-refractivity contribution in [1.82, 2.24) is 14.6 Å². The second-order valence-corrected chi connectivity index (χ2v) is 8.44. The highest BCUT2D eigenvalue weighted by atomic mass is 32.2. The van der Waals surface area contributed by atoms with E-state index in [1.165, 1.54) is 24.7 Å². The molecule has 0 aliphatic carbocycles. The van der Waals surface area contributed by atoms with E-state index in [4.69, 9.17) is 0 Å². The van der Waals surface area contributed by atoms with Crippen LogP contribution < -0.4 is 9.62 Å². The summed E-state index contributed by atoms with van der Waals surface area (Å²) in [6, 6.07) is 4.37. The SMILES string of the molecule is CS(=O)(=O)NC1CCN(Cc2ccc(N3CCCC3)nc2)CC1. The molecule has 3 heterocycles. The summed E-state index contributed by atoms with van der Waals surface area (Å²) < 4.78 is 25.3. The van der Waals surface area contributed by atoms with E-state index in [1.54, 1.807) is 0 Å². The Kier molecular flexibility index (Phi) is 5.18. The molecule has 2 aliphatic heterocycles. The van der Waals surface area contributed by atoms with Gasteiger partial charge in [0.2, 0.25) is 10.0 Å². The second-order valence-electron chi connectivity index (χ2n) is 6.66. The number of sulfonamides is 1. The van der Waals surface area contributed by atoms with Crippen molar-refractivity contribution in [3.63, 3.8) is 0 Å². The molecule has 1 aromatic rings. The quantitative estimate of drug-likeness (QED) is 0.874. The lowest BCUT2D eigenvalue weighted by Crippen LogP contribution is -2.43. The van der Waals surface area contributed by atoms with Gasteiger partial charge in [0, 0.05) is 45.0 Å². The van der Waals surface area contributed by atoms with Crippen molar-refractivity contribution in [1.29, 1.82) is 0 Å². The average molecular weight is 338 g/mol. The number of piperidine rings is 1. The first-order valence-corrected chi connectivity index (χ1v) is 10.3. The molecule has 0 atom stereocenters. The fraction of sp³-hybridized carbons (Fsp3) is 0.688. The zero-order valence-electron chi connectivity index (χ0n) is 13.7. The third-order valence-electron chi connectivity index (χ3n) is 4.61. The molecule has 2 aliphatic rings. The van der Waals surface area contributed by atoms with Crippen LogP contribution in [0, 0.1) is 0 Å². The number of hydrogen-bond acceptors (Lipinski definition) is 5. The van der Waals surface area contributed by atoms with Crippen LogP contribution in [0.25, 0.3) is 0 Å². The number of anilines is 1. The van der Waals surface area contributed by atoms with Crippen LogP contribution in [0.4, 0.5) is 5.82 Å². The van der Waals surface area contributed by atoms with Crippen LogP contribution >= 0.6 is 0 Å². The average Bonchev–Trinajstić information content (AvgIpc) is 3.03. The summed E-state index contributed by atoms with van der Waals surface area (Å²) in [5.41, 5.74) is 1.22. The van der Waals surface area contributed by atoms with Crippen molar-refractivity contribution < 1.29 is 8.42 Å². The zero-order chi connectivity index (χ0) is 16.3. The molecule has 128 valence electrons. The monoisotopic (exact) mass is 338 g/mol. The number of aromatic nitrogens is 1. The van der Waals surface area contributed by atoms with Crippen molar-refractivity contribution in [2.24, 2.45) is 0 Å². The summed E-state index contributed by atoms with van der Waals surface area (Å²) in [6.07, 6.45) is 7.47. The Morgan fingerprint density at radius 2 is 1.87 bits per heavy atom. The first kappa shape index (κ1) is 16.7. The van der Waals surface area contributed by atoms with Gasteiger partial charge in [-0.1, -0.05) is 6.07 Å². The molecule has 0 radical (unpaired) electrons. The highest BCUT2D eigenvalue weighted by molar-refractivity contribution is 7.88. The molecule has 0 amide bonds. The first-order chi connectivity index (χ1) is 11.0. The Labute approximate surface area is 138 Å². The van der Waals surface area contributed by atoms with Crippen molar-refractivity contribution in [2.45, 2.75) is 38.3 Å². The minimum absolute atomic E-state index is 0.0805. The van der Waals surface area contributed by atoms with Crippen molar-refractivity contribution in [3.8, 4) is 0 Å². The van der Waals surface area contributed by atoms with Crippen LogP contribution in [0.1, 0.15) is 31.2 Å². The Bertz CT molecular complexity index is 603. The van der Waals surface area contributed by atoms with Gasteiger partial charge in [0.15, 0.2) is 0 Å². The highest BCUT2D eigenvalue weighted by Gasteiger charge is 2.21. The lowest BCUT2D eigenvalue weighted by molar-refractivity contribution is 0.200. The molecule has 6 nitrogen and oxygen atoms in total. The standard InChI is InChI=1S/C16H26N4O2S/c1-23(21,22)18-15-6-10-19(11-7-15)13-14-4-5-16(17-12-14)20-8-2-3-9-20/h4-5,12,15,18H,2-3,6-11,13H2,1H3. The van der Waals surface area contributed by atoms with Gasteiger partial charge in [-0.15, -0.1) is 0 Å². The van der Waals surface area contributed by atoms with Gasteiger partial charge in [-0.05, 0) is 37.3 Å². The van der Waals surface area contributed by atoms with E-state index in [0.717, 1.165) is 51.4 Å². The summed E-state index contributed by atoms with van der Waals surface area (Å²) in [7, 11) is -3.10. The van der Waals surface area contributed by atoms with E-state index in [0.29, 0.717) is 0 Å². The molecule has 0 unspecified atom stereocenters. The summed E-state index contributed by atoms with van der Waals surface area (Å²) >= 11 is 0. The largest absolute Gasteiger partial charge is 0.357 e. The number of nitrogens with one attached hydrogen (secondary N) is 1. The van der Waals surface area contributed by atoms with Crippen LogP contribution in [-0.4, -0.2) is 56.8 Å². The molecule has 23 heavy (non-hydrogen) atoms. The molecular weight excluding hydrogens is 312 g/mol. The van der Waals surface area contributed by atoms with Gasteiger partial charge in [-0.2, -0.15) is 0 Å². The number of likely N-dealkylation sites (tertiary alicyclic amines) is 1. The smallest absolute Gasteiger partial charge is 0.208 e. The predicted molar refractivity (Wildman–Crippen MR) is 92.0 cm³/mol. The van der Waals surface area contributed by atoms with Gasteiger partial charge < -0.3 is 4.90 Å². The first-order valence-electron chi connectivity index (χ1n) is 8.39. The highest BCUT2D eigenvalue weighted by Crippen LogP contribution is 2.19. The Hall–Kier alpha value is -1.18. The summed E-state index contributed by atoms with van der Waals surface area (Å²) in [4.78, 5) is 9.30. The fourth-order valence-electron chi connectivity index (χ4n) is 3.41. The molecule has 2 fully saturated rings. The lowest BCUT2D eigenvalue weighted by atomic mass is 10.1. The molecule has 1 aromatic heterocycles. The molecule has 0 bridgehead atoms. The number of pyridine rings is 1. The third kappa shape index (κ3) is 4.89. The maximum atomic E-state index is 11.3. The Balaban J connectivity index is 1.48. The van der Waals surface area contributed by atoms with E-state index in [-0.39, 0.29) is 6.04 Å². The number of nitrogens with zero attached hydrogens (tertiary/aromatic N) is 3. The van der Waals surface area contributed by atoms with E-state index < -0.39 is 10.0 Å². The maximum Gasteiger partial charge on any atom is 0.208 e. The molecule has 7 heteroatoms. The van der Waals surface area contributed by atoms with Crippen molar-refractivity contribution in [2.75, 3.05) is 37.3 Å². The normalized spacial score (nSPS) is 21.0. The predicted octanol–water partition coefficient (Wildman–Crippen LogP) is 1.20. The maximum absolute atomic E-state index is 11.3. The molecule has 3 rings (SSSR count). The van der Waals surface area contributed by atoms with Crippen LogP contribution in [0.3, 0.4) is 0 Å². The molecule has 2 saturated heterocycles. The van der Waals surface area contributed by atoms with Gasteiger partial charge in [0.05, 0.1) is 6.26 Å². The van der Waals surface area contributed by atoms with Gasteiger partial charge in [-0.25, -0.2) is 18.1 Å². The van der Waals surface area contributed by atoms with Crippen LogP contribution in [0.5, 0.6) is 0 Å². The molecular formula is C16H26N4O2S. The fourth-order valence-corrected chi connectivity index (χ4v) is 4.25. The van der Waals surface area contributed by atoms with Gasteiger partial charge in [0.1, 0.15) is 5.82 Å². The van der Waals surface area contributed by atoms with E-state index >= 15 is 0 Å². The Morgan fingerprint density at radius 3 is 2.43 bits per heavy atom. The minimum Gasteiger partial charge on any atom is -0.357 e. The lowest BCUT2D eigenvalue weighted by Gasteiger charge is -2.31. The second kappa shape index (κ2) is 7.15. The zero-order valence-corrected chi connectivity index (χ0v) is 14.6. The topological polar surface area (TPSA) is 65.5 Å². The molecule has 0 saturated carbocycles. The third-order valence-corrected chi connectivity index (χ3v) is 5.38. The van der Waals surface area contributed by atoms with E-state index in [1.807, 2.05) is 6.20 Å². The summed E-state index contributed by atoms with van der Waals surface area (Å²) in [5, 5.41) is 0. The van der Waals surface area contributed by atoms with Crippen molar-refractivity contribution >= 4 is 15.8 Å². The summed E-state index contributed by atoms with van der Waals surface area (Å²) in [5.74, 6) is 1.09. The van der Waals surface area contributed by atoms with E-state index in [9.17, 15) is 8.42 Å². The number of hydrogen-bond donors (Lipinski definition) is 1. The van der Waals surface area contributed by atoms with E-state index in [2.05, 4.69) is 31.6 Å².